The van der Waals surface area contributed by atoms with Crippen LogP contribution < -0.4 is 5.73 Å². The number of carbonyl (C=O) groups excluding carboxylic acids is 1. The molecule has 0 spiro atoms. The second-order valence-corrected chi connectivity index (χ2v) is 5.97. The van der Waals surface area contributed by atoms with Crippen LogP contribution >= 0.6 is 0 Å². The number of halogens is 2. The van der Waals surface area contributed by atoms with Gasteiger partial charge in [-0.05, 0) is 44.9 Å². The van der Waals surface area contributed by atoms with Crippen LogP contribution in [0.25, 0.3) is 0 Å². The smallest absolute Gasteiger partial charge is 0.322 e. The number of esters is 1. The van der Waals surface area contributed by atoms with Crippen LogP contribution in [0.2, 0.25) is 0 Å². The number of nitrogens with two attached hydrogens (primary N) is 1. The number of aliphatic carboxylic acids is 1. The second kappa shape index (κ2) is 6.83. The summed E-state index contributed by atoms with van der Waals surface area (Å²) in [5.74, 6) is -6.06. The van der Waals surface area contributed by atoms with Gasteiger partial charge in [0.05, 0.1) is 0 Å². The molecule has 7 heteroatoms. The maximum absolute atomic E-state index is 13.1. The van der Waals surface area contributed by atoms with Gasteiger partial charge in [0.25, 0.3) is 0 Å². The molecule has 1 aromatic rings. The molecule has 5 nitrogen and oxygen atoms in total. The molecule has 0 aliphatic carbocycles. The highest BCUT2D eigenvalue weighted by atomic mass is 19.2. The summed E-state index contributed by atoms with van der Waals surface area (Å²) in [6, 6.07) is 1.99. The maximum atomic E-state index is 13.1. The first kappa shape index (κ1) is 18.0. The van der Waals surface area contributed by atoms with E-state index in [1.165, 1.54) is 6.07 Å². The summed E-state index contributed by atoms with van der Waals surface area (Å²) in [7, 11) is 0. The van der Waals surface area contributed by atoms with E-state index in [0.717, 1.165) is 12.1 Å². The first-order chi connectivity index (χ1) is 10.0. The van der Waals surface area contributed by atoms with Crippen LogP contribution in [0.1, 0.15) is 26.3 Å². The highest BCUT2D eigenvalue weighted by Gasteiger charge is 2.36. The molecule has 1 rings (SSSR count). The van der Waals surface area contributed by atoms with Crippen LogP contribution in [0.4, 0.5) is 8.78 Å². The Morgan fingerprint density at radius 1 is 1.27 bits per heavy atom. The number of ether oxygens (including phenoxy) is 1. The number of carboxylic acid groups (broad SMARTS) is 1. The van der Waals surface area contributed by atoms with Crippen molar-refractivity contribution in [2.45, 2.75) is 38.8 Å². The standard InChI is InChI=1S/C15H19F2NO4/c1-15(2,3)22-14(21)12(13(19)20)11(18)7-8-4-5-9(16)10(17)6-8/h4-6,11-12H,7,18H2,1-3H3,(H,19,20). The van der Waals surface area contributed by atoms with Crippen LogP contribution in [0.5, 0.6) is 0 Å². The molecular formula is C15H19F2NO4. The molecule has 2 atom stereocenters. The average molecular weight is 315 g/mol. The lowest BCUT2D eigenvalue weighted by Gasteiger charge is -2.25. The zero-order valence-corrected chi connectivity index (χ0v) is 12.6. The zero-order chi connectivity index (χ0) is 17.1. The molecule has 0 fully saturated rings. The lowest BCUT2D eigenvalue weighted by molar-refractivity contribution is -0.167. The van der Waals surface area contributed by atoms with Gasteiger partial charge in [-0.1, -0.05) is 6.07 Å². The third-order valence-electron chi connectivity index (χ3n) is 2.81. The van der Waals surface area contributed by atoms with Gasteiger partial charge < -0.3 is 15.6 Å². The molecule has 3 N–H and O–H groups in total. The third-order valence-corrected chi connectivity index (χ3v) is 2.81. The van der Waals surface area contributed by atoms with Gasteiger partial charge in [-0.3, -0.25) is 9.59 Å². The van der Waals surface area contributed by atoms with Gasteiger partial charge in [-0.25, -0.2) is 8.78 Å². The number of carbonyl (C=O) groups is 2. The second-order valence-electron chi connectivity index (χ2n) is 5.97. The Morgan fingerprint density at radius 3 is 2.32 bits per heavy atom. The number of hydrogen-bond acceptors (Lipinski definition) is 4. The van der Waals surface area contributed by atoms with Crippen molar-refractivity contribution in [1.82, 2.24) is 0 Å². The predicted octanol–water partition coefficient (Wildman–Crippen LogP) is 1.88. The molecule has 0 aliphatic rings. The van der Waals surface area contributed by atoms with Crippen molar-refractivity contribution >= 4 is 11.9 Å². The normalized spacial score (nSPS) is 14.3. The fraction of sp³-hybridized carbons (Fsp3) is 0.467. The summed E-state index contributed by atoms with van der Waals surface area (Å²) >= 11 is 0. The van der Waals surface area contributed by atoms with Crippen molar-refractivity contribution in [2.75, 3.05) is 0 Å². The molecule has 122 valence electrons. The summed E-state index contributed by atoms with van der Waals surface area (Å²) in [6.07, 6.45) is -0.104. The fourth-order valence-corrected chi connectivity index (χ4v) is 1.88. The topological polar surface area (TPSA) is 89.6 Å². The molecule has 22 heavy (non-hydrogen) atoms. The Morgan fingerprint density at radius 2 is 1.86 bits per heavy atom. The number of benzene rings is 1. The van der Waals surface area contributed by atoms with Gasteiger partial charge in [0.2, 0.25) is 0 Å². The van der Waals surface area contributed by atoms with Crippen LogP contribution in [-0.4, -0.2) is 28.7 Å². The molecule has 0 saturated carbocycles. The molecule has 2 unspecified atom stereocenters. The van der Waals surface area contributed by atoms with Crippen LogP contribution in [-0.2, 0) is 20.7 Å². The van der Waals surface area contributed by atoms with Gasteiger partial charge in [0.1, 0.15) is 5.60 Å². The summed E-state index contributed by atoms with van der Waals surface area (Å²) in [4.78, 5) is 23.2. The molecule has 0 radical (unpaired) electrons. The summed E-state index contributed by atoms with van der Waals surface area (Å²) in [5.41, 5.74) is 5.20. The summed E-state index contributed by atoms with van der Waals surface area (Å²) in [5, 5.41) is 9.17. The first-order valence-corrected chi connectivity index (χ1v) is 6.66. The summed E-state index contributed by atoms with van der Waals surface area (Å²) in [6.45, 7) is 4.81. The highest BCUT2D eigenvalue weighted by Crippen LogP contribution is 2.17. The Labute approximate surface area is 127 Å². The van der Waals surface area contributed by atoms with E-state index in [-0.39, 0.29) is 6.42 Å². The average Bonchev–Trinajstić information content (AvgIpc) is 2.31. The number of hydrogen-bond donors (Lipinski definition) is 2. The van der Waals surface area contributed by atoms with E-state index < -0.39 is 41.1 Å². The number of carboxylic acids is 1. The minimum atomic E-state index is -1.59. The van der Waals surface area contributed by atoms with Crippen LogP contribution in [0.15, 0.2) is 18.2 Å². The Bertz CT molecular complexity index is 569. The molecule has 0 amide bonds. The van der Waals surface area contributed by atoms with Gasteiger partial charge in [0.15, 0.2) is 17.6 Å². The van der Waals surface area contributed by atoms with E-state index in [1.54, 1.807) is 20.8 Å². The monoisotopic (exact) mass is 315 g/mol. The van der Waals surface area contributed by atoms with E-state index >= 15 is 0 Å². The lowest BCUT2D eigenvalue weighted by atomic mass is 9.94. The minimum absolute atomic E-state index is 0.104. The van der Waals surface area contributed by atoms with Crippen LogP contribution in [0.3, 0.4) is 0 Å². The highest BCUT2D eigenvalue weighted by molar-refractivity contribution is 5.95. The first-order valence-electron chi connectivity index (χ1n) is 6.66. The molecule has 0 bridgehead atoms. The van der Waals surface area contributed by atoms with E-state index in [2.05, 4.69) is 0 Å². The molecular weight excluding hydrogens is 296 g/mol. The quantitative estimate of drug-likeness (QED) is 0.639. The van der Waals surface area contributed by atoms with Crippen molar-refractivity contribution in [2.24, 2.45) is 11.7 Å². The molecule has 0 heterocycles. The molecule has 0 aromatic heterocycles. The maximum Gasteiger partial charge on any atom is 0.322 e. The Balaban J connectivity index is 2.89. The lowest BCUT2D eigenvalue weighted by Crippen LogP contribution is -2.45. The molecule has 0 aliphatic heterocycles. The number of rotatable bonds is 5. The van der Waals surface area contributed by atoms with Crippen molar-refractivity contribution in [3.05, 3.63) is 35.4 Å². The molecule has 1 aromatic carbocycles. The SMILES string of the molecule is CC(C)(C)OC(=O)C(C(=O)O)C(N)Cc1ccc(F)c(F)c1. The van der Waals surface area contributed by atoms with Gasteiger partial charge in [-0.15, -0.1) is 0 Å². The van der Waals surface area contributed by atoms with Crippen LogP contribution in [0, 0.1) is 17.6 Å². The van der Waals surface area contributed by atoms with Gasteiger partial charge >= 0.3 is 11.9 Å². The van der Waals surface area contributed by atoms with Crippen molar-refractivity contribution < 1.29 is 28.2 Å². The van der Waals surface area contributed by atoms with E-state index in [0.29, 0.717) is 5.56 Å². The van der Waals surface area contributed by atoms with E-state index in [4.69, 9.17) is 10.5 Å². The minimum Gasteiger partial charge on any atom is -0.481 e. The Kier molecular flexibility index (Phi) is 5.59. The summed E-state index contributed by atoms with van der Waals surface area (Å²) < 4.78 is 31.0. The van der Waals surface area contributed by atoms with Gasteiger partial charge in [0, 0.05) is 6.04 Å². The van der Waals surface area contributed by atoms with Crippen molar-refractivity contribution in [3.8, 4) is 0 Å². The van der Waals surface area contributed by atoms with Crippen molar-refractivity contribution in [3.63, 3.8) is 0 Å². The predicted molar refractivity (Wildman–Crippen MR) is 75.0 cm³/mol. The third kappa shape index (κ3) is 5.07. The van der Waals surface area contributed by atoms with Crippen molar-refractivity contribution in [1.29, 1.82) is 0 Å². The molecule has 0 saturated heterocycles. The zero-order valence-electron chi connectivity index (χ0n) is 12.6. The largest absolute Gasteiger partial charge is 0.481 e. The van der Waals surface area contributed by atoms with Gasteiger partial charge in [-0.2, -0.15) is 0 Å². The Hall–Kier alpha value is -2.02. The van der Waals surface area contributed by atoms with E-state index in [9.17, 15) is 23.5 Å². The fourth-order valence-electron chi connectivity index (χ4n) is 1.88. The van der Waals surface area contributed by atoms with E-state index in [1.807, 2.05) is 0 Å².